The minimum atomic E-state index is -0.299. The van der Waals surface area contributed by atoms with Gasteiger partial charge in [0, 0.05) is 0 Å². The third kappa shape index (κ3) is 3.32. The van der Waals surface area contributed by atoms with Crippen molar-refractivity contribution in [3.05, 3.63) is 102 Å². The zero-order chi connectivity index (χ0) is 19.7. The number of fused-ring (bicyclic) bond motifs is 1. The lowest BCUT2D eigenvalue weighted by molar-refractivity contribution is 0.0642. The minimum absolute atomic E-state index is 0.256. The molecule has 28 heavy (non-hydrogen) atoms. The average Bonchev–Trinajstić information content (AvgIpc) is 2.94. The molecular weight excluding hydrogens is 350 g/mol. The summed E-state index contributed by atoms with van der Waals surface area (Å²) < 4.78 is 5.86. The molecule has 138 valence electrons. The van der Waals surface area contributed by atoms with E-state index in [-0.39, 0.29) is 18.4 Å². The fourth-order valence-corrected chi connectivity index (χ4v) is 3.19. The Morgan fingerprint density at radius 3 is 2.18 bits per heavy atom. The van der Waals surface area contributed by atoms with Gasteiger partial charge in [-0.2, -0.15) is 0 Å². The van der Waals surface area contributed by atoms with Crippen molar-refractivity contribution in [2.75, 3.05) is 0 Å². The Labute approximate surface area is 163 Å². The molecular formula is C24H19NO3. The number of carbonyl (C=O) groups excluding carboxylic acids is 2. The summed E-state index contributed by atoms with van der Waals surface area (Å²) in [4.78, 5) is 26.7. The molecule has 0 unspecified atom stereocenters. The van der Waals surface area contributed by atoms with Gasteiger partial charge < -0.3 is 4.74 Å². The van der Waals surface area contributed by atoms with Crippen LogP contribution in [0, 0.1) is 0 Å². The van der Waals surface area contributed by atoms with Crippen LogP contribution in [0.4, 0.5) is 0 Å². The Kier molecular flexibility index (Phi) is 4.53. The second-order valence-electron chi connectivity index (χ2n) is 6.80. The summed E-state index contributed by atoms with van der Waals surface area (Å²) >= 11 is 0. The van der Waals surface area contributed by atoms with Crippen molar-refractivity contribution in [1.82, 2.24) is 4.90 Å². The maximum Gasteiger partial charge on any atom is 0.262 e. The number of hydrogen-bond acceptors (Lipinski definition) is 3. The first-order valence-corrected chi connectivity index (χ1v) is 9.01. The van der Waals surface area contributed by atoms with E-state index in [1.54, 1.807) is 18.2 Å². The zero-order valence-corrected chi connectivity index (χ0v) is 15.5. The highest BCUT2D eigenvalue weighted by atomic mass is 16.5. The summed E-state index contributed by atoms with van der Waals surface area (Å²) in [5.74, 6) is 0.598. The van der Waals surface area contributed by atoms with Crippen LogP contribution in [0.1, 0.15) is 38.8 Å². The second kappa shape index (κ2) is 7.16. The number of benzene rings is 3. The van der Waals surface area contributed by atoms with Gasteiger partial charge in [0.05, 0.1) is 17.7 Å². The normalized spacial score (nSPS) is 12.8. The van der Waals surface area contributed by atoms with Crippen LogP contribution in [0.3, 0.4) is 0 Å². The van der Waals surface area contributed by atoms with Gasteiger partial charge in [-0.1, -0.05) is 54.6 Å². The van der Waals surface area contributed by atoms with E-state index in [2.05, 4.69) is 6.58 Å². The van der Waals surface area contributed by atoms with Crippen LogP contribution in [0.2, 0.25) is 0 Å². The van der Waals surface area contributed by atoms with E-state index in [4.69, 9.17) is 4.74 Å². The van der Waals surface area contributed by atoms with Gasteiger partial charge in [0.15, 0.2) is 0 Å². The van der Waals surface area contributed by atoms with Crippen molar-refractivity contribution in [3.63, 3.8) is 0 Å². The van der Waals surface area contributed by atoms with E-state index in [9.17, 15) is 9.59 Å². The molecule has 0 atom stereocenters. The van der Waals surface area contributed by atoms with E-state index in [1.165, 1.54) is 4.90 Å². The summed E-state index contributed by atoms with van der Waals surface area (Å²) in [7, 11) is 0. The molecule has 1 heterocycles. The van der Waals surface area contributed by atoms with Crippen LogP contribution in [0.15, 0.2) is 79.4 Å². The lowest BCUT2D eigenvalue weighted by atomic mass is 10.1. The van der Waals surface area contributed by atoms with Crippen LogP contribution >= 0.6 is 0 Å². The number of rotatable bonds is 5. The fourth-order valence-electron chi connectivity index (χ4n) is 3.19. The van der Waals surface area contributed by atoms with Crippen molar-refractivity contribution in [2.45, 2.75) is 13.5 Å². The maximum absolute atomic E-state index is 12.8. The number of allylic oxidation sites excluding steroid dienone is 1. The molecule has 1 aliphatic heterocycles. The van der Waals surface area contributed by atoms with Crippen molar-refractivity contribution in [2.24, 2.45) is 0 Å². The Balaban J connectivity index is 1.55. The molecule has 2 amide bonds. The van der Waals surface area contributed by atoms with Crippen LogP contribution < -0.4 is 4.74 Å². The highest BCUT2D eigenvalue weighted by Crippen LogP contribution is 2.30. The SMILES string of the molecule is C=C(C)c1ccc(Oc2ccc3c(c2)C(=O)N(Cc2ccccc2)C3=O)cc1. The Morgan fingerprint density at radius 2 is 1.50 bits per heavy atom. The fraction of sp³-hybridized carbons (Fsp3) is 0.0833. The first-order valence-electron chi connectivity index (χ1n) is 9.01. The molecule has 0 saturated carbocycles. The molecule has 4 rings (SSSR count). The van der Waals surface area contributed by atoms with Gasteiger partial charge in [0.1, 0.15) is 11.5 Å². The quantitative estimate of drug-likeness (QED) is 0.573. The van der Waals surface area contributed by atoms with Crippen molar-refractivity contribution >= 4 is 17.4 Å². The standard InChI is InChI=1S/C24H19NO3/c1-16(2)18-8-10-19(11-9-18)28-20-12-13-21-22(14-20)24(27)25(23(21)26)15-17-6-4-3-5-7-17/h3-14H,1,15H2,2H3. The molecule has 3 aromatic rings. The van der Waals surface area contributed by atoms with Gasteiger partial charge in [-0.05, 0) is 48.4 Å². The number of amides is 2. The molecule has 1 aliphatic rings. The molecule has 0 radical (unpaired) electrons. The molecule has 4 heteroatoms. The van der Waals surface area contributed by atoms with Gasteiger partial charge in [0.25, 0.3) is 11.8 Å². The number of carbonyl (C=O) groups is 2. The number of ether oxygens (including phenoxy) is 1. The van der Waals surface area contributed by atoms with Crippen LogP contribution in [-0.2, 0) is 6.54 Å². The Bertz CT molecular complexity index is 1070. The largest absolute Gasteiger partial charge is 0.457 e. The number of imide groups is 1. The van der Waals surface area contributed by atoms with Crippen LogP contribution in [0.5, 0.6) is 11.5 Å². The monoisotopic (exact) mass is 369 g/mol. The van der Waals surface area contributed by atoms with Crippen molar-refractivity contribution in [1.29, 1.82) is 0 Å². The molecule has 0 saturated heterocycles. The van der Waals surface area contributed by atoms with E-state index in [0.717, 1.165) is 16.7 Å². The predicted octanol–water partition coefficient (Wildman–Crippen LogP) is 5.31. The average molecular weight is 369 g/mol. The first-order chi connectivity index (χ1) is 13.5. The number of hydrogen-bond donors (Lipinski definition) is 0. The third-order valence-corrected chi connectivity index (χ3v) is 4.71. The van der Waals surface area contributed by atoms with Crippen LogP contribution in [-0.4, -0.2) is 16.7 Å². The zero-order valence-electron chi connectivity index (χ0n) is 15.5. The highest BCUT2D eigenvalue weighted by Gasteiger charge is 2.35. The summed E-state index contributed by atoms with van der Waals surface area (Å²) in [6.45, 7) is 6.12. The molecule has 0 aliphatic carbocycles. The topological polar surface area (TPSA) is 46.6 Å². The summed E-state index contributed by atoms with van der Waals surface area (Å²) in [6, 6.07) is 22.0. The lowest BCUT2D eigenvalue weighted by Crippen LogP contribution is -2.29. The summed E-state index contributed by atoms with van der Waals surface area (Å²) in [5, 5.41) is 0. The van der Waals surface area contributed by atoms with E-state index < -0.39 is 0 Å². The van der Waals surface area contributed by atoms with Gasteiger partial charge in [0.2, 0.25) is 0 Å². The van der Waals surface area contributed by atoms with Gasteiger partial charge in [-0.15, -0.1) is 0 Å². The Morgan fingerprint density at radius 1 is 0.857 bits per heavy atom. The lowest BCUT2D eigenvalue weighted by Gasteiger charge is -2.13. The molecule has 0 aromatic heterocycles. The maximum atomic E-state index is 12.8. The molecule has 0 N–H and O–H groups in total. The van der Waals surface area contributed by atoms with E-state index in [1.807, 2.05) is 61.5 Å². The smallest absolute Gasteiger partial charge is 0.262 e. The molecule has 3 aromatic carbocycles. The summed E-state index contributed by atoms with van der Waals surface area (Å²) in [5.41, 5.74) is 3.71. The van der Waals surface area contributed by atoms with Crippen LogP contribution in [0.25, 0.3) is 5.57 Å². The second-order valence-corrected chi connectivity index (χ2v) is 6.80. The van der Waals surface area contributed by atoms with Crippen molar-refractivity contribution < 1.29 is 14.3 Å². The van der Waals surface area contributed by atoms with Gasteiger partial charge in [-0.3, -0.25) is 14.5 Å². The predicted molar refractivity (Wildman–Crippen MR) is 108 cm³/mol. The number of nitrogens with zero attached hydrogens (tertiary/aromatic N) is 1. The molecule has 0 spiro atoms. The van der Waals surface area contributed by atoms with Gasteiger partial charge in [-0.25, -0.2) is 0 Å². The molecule has 0 fully saturated rings. The van der Waals surface area contributed by atoms with Crippen molar-refractivity contribution in [3.8, 4) is 11.5 Å². The van der Waals surface area contributed by atoms with E-state index in [0.29, 0.717) is 22.6 Å². The first kappa shape index (κ1) is 17.7. The Hall–Kier alpha value is -3.66. The molecule has 0 bridgehead atoms. The van der Waals surface area contributed by atoms with Gasteiger partial charge >= 0.3 is 0 Å². The molecule has 4 nitrogen and oxygen atoms in total. The highest BCUT2D eigenvalue weighted by molar-refractivity contribution is 6.21. The van der Waals surface area contributed by atoms with E-state index >= 15 is 0 Å². The third-order valence-electron chi connectivity index (χ3n) is 4.71. The summed E-state index contributed by atoms with van der Waals surface area (Å²) in [6.07, 6.45) is 0. The minimum Gasteiger partial charge on any atom is -0.457 e.